The fourth-order valence-corrected chi connectivity index (χ4v) is 2.68. The molecule has 0 aromatic heterocycles. The van der Waals surface area contributed by atoms with E-state index in [0.717, 1.165) is 28.8 Å². The third-order valence-electron chi connectivity index (χ3n) is 3.16. The fraction of sp³-hybridized carbons (Fsp3) is 0.188. The van der Waals surface area contributed by atoms with E-state index in [1.165, 1.54) is 5.56 Å². The lowest BCUT2D eigenvalue weighted by molar-refractivity contribution is 0.831. The van der Waals surface area contributed by atoms with Crippen molar-refractivity contribution in [1.82, 2.24) is 0 Å². The zero-order valence-electron chi connectivity index (χ0n) is 11.3. The van der Waals surface area contributed by atoms with Crippen LogP contribution in [0, 0.1) is 0 Å². The molecule has 0 spiro atoms. The average Bonchev–Trinajstić information content (AvgIpc) is 2.46. The first-order chi connectivity index (χ1) is 9.61. The first-order valence-corrected chi connectivity index (χ1v) is 7.70. The van der Waals surface area contributed by atoms with Crippen LogP contribution in [0.3, 0.4) is 0 Å². The molecule has 2 aromatic carbocycles. The number of nitrogens with zero attached hydrogens (tertiary/aromatic N) is 1. The van der Waals surface area contributed by atoms with Crippen LogP contribution < -0.4 is 10.6 Å². The molecule has 20 heavy (non-hydrogen) atoms. The third kappa shape index (κ3) is 3.58. The summed E-state index contributed by atoms with van der Waals surface area (Å²) < 4.78 is 0.986. The highest BCUT2D eigenvalue weighted by atomic mass is 79.9. The highest BCUT2D eigenvalue weighted by molar-refractivity contribution is 9.10. The Morgan fingerprint density at radius 1 is 1.20 bits per heavy atom. The highest BCUT2D eigenvalue weighted by Gasteiger charge is 2.12. The van der Waals surface area contributed by atoms with E-state index in [9.17, 15) is 0 Å². The van der Waals surface area contributed by atoms with Gasteiger partial charge >= 0.3 is 0 Å². The molecule has 4 heteroatoms. The van der Waals surface area contributed by atoms with Crippen LogP contribution >= 0.6 is 28.1 Å². The Hall–Kier alpha value is -1.39. The van der Waals surface area contributed by atoms with Crippen molar-refractivity contribution in [2.45, 2.75) is 13.5 Å². The second kappa shape index (κ2) is 6.86. The maximum atomic E-state index is 5.85. The van der Waals surface area contributed by atoms with Gasteiger partial charge in [-0.1, -0.05) is 58.5 Å². The van der Waals surface area contributed by atoms with Gasteiger partial charge < -0.3 is 10.6 Å². The number of benzene rings is 2. The molecule has 2 nitrogen and oxygen atoms in total. The Morgan fingerprint density at radius 3 is 2.50 bits per heavy atom. The number of hydrogen-bond donors (Lipinski definition) is 1. The van der Waals surface area contributed by atoms with Crippen LogP contribution in [0.25, 0.3) is 0 Å². The van der Waals surface area contributed by atoms with Gasteiger partial charge in [-0.15, -0.1) is 0 Å². The van der Waals surface area contributed by atoms with E-state index in [2.05, 4.69) is 58.1 Å². The molecular formula is C16H17BrN2S. The Bertz CT molecular complexity index is 599. The predicted molar refractivity (Wildman–Crippen MR) is 93.2 cm³/mol. The lowest BCUT2D eigenvalue weighted by Gasteiger charge is -2.26. The molecule has 2 rings (SSSR count). The summed E-state index contributed by atoms with van der Waals surface area (Å²) in [6.07, 6.45) is 0. The number of hydrogen-bond acceptors (Lipinski definition) is 2. The Labute approximate surface area is 133 Å². The monoisotopic (exact) mass is 348 g/mol. The summed E-state index contributed by atoms with van der Waals surface area (Å²) in [6.45, 7) is 3.87. The van der Waals surface area contributed by atoms with E-state index in [1.54, 1.807) is 0 Å². The molecule has 0 atom stereocenters. The van der Waals surface area contributed by atoms with Crippen LogP contribution in [0.15, 0.2) is 53.0 Å². The number of thiocarbonyl (C=S) groups is 1. The Morgan fingerprint density at radius 2 is 1.90 bits per heavy atom. The zero-order valence-corrected chi connectivity index (χ0v) is 13.7. The van der Waals surface area contributed by atoms with Crippen LogP contribution in [0.2, 0.25) is 0 Å². The molecule has 0 amide bonds. The van der Waals surface area contributed by atoms with Gasteiger partial charge in [0, 0.05) is 28.8 Å². The molecule has 2 N–H and O–H groups in total. The van der Waals surface area contributed by atoms with Crippen LogP contribution in [0.4, 0.5) is 5.69 Å². The lowest BCUT2D eigenvalue weighted by atomic mass is 10.1. The first kappa shape index (κ1) is 15.0. The van der Waals surface area contributed by atoms with Gasteiger partial charge in [0.15, 0.2) is 0 Å². The third-order valence-corrected chi connectivity index (χ3v) is 3.88. The van der Waals surface area contributed by atoms with Crippen molar-refractivity contribution in [3.05, 3.63) is 64.1 Å². The molecule has 0 aliphatic rings. The van der Waals surface area contributed by atoms with Gasteiger partial charge in [0.2, 0.25) is 0 Å². The molecule has 0 aliphatic carbocycles. The van der Waals surface area contributed by atoms with Crippen LogP contribution in [0.5, 0.6) is 0 Å². The standard InChI is InChI=1S/C16H17BrN2S/c1-2-19(11-12-6-4-3-5-7-12)15-9-8-13(17)10-14(15)16(18)20/h3-10H,2,11H2,1H3,(H2,18,20). The van der Waals surface area contributed by atoms with E-state index in [-0.39, 0.29) is 0 Å². The SMILES string of the molecule is CCN(Cc1ccccc1)c1ccc(Br)cc1C(N)=S. The molecular weight excluding hydrogens is 332 g/mol. The summed E-state index contributed by atoms with van der Waals surface area (Å²) in [5.74, 6) is 0. The summed E-state index contributed by atoms with van der Waals surface area (Å²) in [5.41, 5.74) is 9.11. The Balaban J connectivity index is 2.34. The van der Waals surface area contributed by atoms with E-state index in [4.69, 9.17) is 18.0 Å². The second-order valence-electron chi connectivity index (χ2n) is 4.53. The average molecular weight is 349 g/mol. The van der Waals surface area contributed by atoms with Crippen molar-refractivity contribution in [1.29, 1.82) is 0 Å². The lowest BCUT2D eigenvalue weighted by Crippen LogP contribution is -2.25. The summed E-state index contributed by atoms with van der Waals surface area (Å²) in [4.78, 5) is 2.70. The molecule has 0 aliphatic heterocycles. The van der Waals surface area contributed by atoms with Crippen molar-refractivity contribution in [2.75, 3.05) is 11.4 Å². The maximum Gasteiger partial charge on any atom is 0.106 e. The highest BCUT2D eigenvalue weighted by Crippen LogP contribution is 2.26. The first-order valence-electron chi connectivity index (χ1n) is 6.50. The molecule has 0 radical (unpaired) electrons. The van der Waals surface area contributed by atoms with Gasteiger partial charge in [-0.05, 0) is 30.7 Å². The summed E-state index contributed by atoms with van der Waals surface area (Å²) in [6, 6.07) is 16.4. The van der Waals surface area contributed by atoms with Crippen LogP contribution in [0.1, 0.15) is 18.1 Å². The predicted octanol–water partition coefficient (Wildman–Crippen LogP) is 4.11. The van der Waals surface area contributed by atoms with Gasteiger partial charge in [0.1, 0.15) is 4.99 Å². The summed E-state index contributed by atoms with van der Waals surface area (Å²) in [5, 5.41) is 0. The van der Waals surface area contributed by atoms with Crippen molar-refractivity contribution in [3.8, 4) is 0 Å². The second-order valence-corrected chi connectivity index (χ2v) is 5.88. The van der Waals surface area contributed by atoms with Gasteiger partial charge in [-0.2, -0.15) is 0 Å². The minimum Gasteiger partial charge on any atom is -0.389 e. The number of halogens is 1. The molecule has 2 aromatic rings. The maximum absolute atomic E-state index is 5.85. The van der Waals surface area contributed by atoms with Crippen molar-refractivity contribution in [3.63, 3.8) is 0 Å². The molecule has 0 fully saturated rings. The minimum atomic E-state index is 0.424. The van der Waals surface area contributed by atoms with E-state index >= 15 is 0 Å². The van der Waals surface area contributed by atoms with E-state index in [0.29, 0.717) is 4.99 Å². The molecule has 0 heterocycles. The Kier molecular flexibility index (Phi) is 5.15. The summed E-state index contributed by atoms with van der Waals surface area (Å²) in [7, 11) is 0. The smallest absolute Gasteiger partial charge is 0.106 e. The van der Waals surface area contributed by atoms with E-state index in [1.807, 2.05) is 18.2 Å². The van der Waals surface area contributed by atoms with E-state index < -0.39 is 0 Å². The van der Waals surface area contributed by atoms with Crippen LogP contribution in [-0.2, 0) is 6.54 Å². The summed E-state index contributed by atoms with van der Waals surface area (Å²) >= 11 is 8.64. The van der Waals surface area contributed by atoms with Crippen molar-refractivity contribution < 1.29 is 0 Å². The number of anilines is 1. The molecule has 0 saturated carbocycles. The van der Waals surface area contributed by atoms with Gasteiger partial charge in [0.05, 0.1) is 0 Å². The molecule has 0 unspecified atom stereocenters. The van der Waals surface area contributed by atoms with Crippen LogP contribution in [-0.4, -0.2) is 11.5 Å². The normalized spacial score (nSPS) is 10.3. The number of rotatable bonds is 5. The van der Waals surface area contributed by atoms with Crippen molar-refractivity contribution in [2.24, 2.45) is 5.73 Å². The topological polar surface area (TPSA) is 29.3 Å². The minimum absolute atomic E-state index is 0.424. The van der Waals surface area contributed by atoms with Crippen molar-refractivity contribution >= 4 is 38.8 Å². The molecule has 104 valence electrons. The quantitative estimate of drug-likeness (QED) is 0.824. The largest absolute Gasteiger partial charge is 0.389 e. The fourth-order valence-electron chi connectivity index (χ4n) is 2.15. The zero-order chi connectivity index (χ0) is 14.5. The molecule has 0 saturated heterocycles. The molecule has 0 bridgehead atoms. The van der Waals surface area contributed by atoms with Gasteiger partial charge in [-0.25, -0.2) is 0 Å². The van der Waals surface area contributed by atoms with Gasteiger partial charge in [0.25, 0.3) is 0 Å². The van der Waals surface area contributed by atoms with Gasteiger partial charge in [-0.3, -0.25) is 0 Å². The number of nitrogens with two attached hydrogens (primary N) is 1.